The van der Waals surface area contributed by atoms with E-state index in [1.165, 1.54) is 18.4 Å². The van der Waals surface area contributed by atoms with Crippen molar-refractivity contribution in [3.05, 3.63) is 34.3 Å². The van der Waals surface area contributed by atoms with Crippen LogP contribution in [-0.4, -0.2) is 19.8 Å². The van der Waals surface area contributed by atoms with Gasteiger partial charge in [0.2, 0.25) is 0 Å². The Kier molecular flexibility index (Phi) is 4.31. The third-order valence-corrected chi connectivity index (χ3v) is 4.61. The second-order valence-corrected chi connectivity index (χ2v) is 5.61. The first kappa shape index (κ1) is 13.9. The molecule has 0 aliphatic heterocycles. The number of rotatable bonds is 4. The second kappa shape index (κ2) is 5.60. The standard InChI is InChI=1S/C15H22ClNO/c1-11-6-7-12(10-13(11)16)14(17-2)15(18-3)8-4-5-9-15/h6-7,10,14,17H,4-5,8-9H2,1-3H3. The fourth-order valence-corrected chi connectivity index (χ4v) is 3.30. The fraction of sp³-hybridized carbons (Fsp3) is 0.600. The Morgan fingerprint density at radius 1 is 1.33 bits per heavy atom. The predicted molar refractivity (Wildman–Crippen MR) is 76.2 cm³/mol. The summed E-state index contributed by atoms with van der Waals surface area (Å²) in [5.41, 5.74) is 2.26. The molecule has 1 saturated carbocycles. The minimum atomic E-state index is -0.0761. The number of nitrogens with one attached hydrogen (secondary N) is 1. The summed E-state index contributed by atoms with van der Waals surface area (Å²) < 4.78 is 5.87. The Morgan fingerprint density at radius 3 is 2.50 bits per heavy atom. The SMILES string of the molecule is CNC(c1ccc(C)c(Cl)c1)C1(OC)CCCC1. The molecule has 1 N–H and O–H groups in total. The monoisotopic (exact) mass is 267 g/mol. The van der Waals surface area contributed by atoms with Crippen molar-refractivity contribution in [2.45, 2.75) is 44.2 Å². The van der Waals surface area contributed by atoms with Crippen LogP contribution in [0.1, 0.15) is 42.9 Å². The molecule has 100 valence electrons. The number of benzene rings is 1. The minimum Gasteiger partial charge on any atom is -0.376 e. The van der Waals surface area contributed by atoms with Crippen molar-refractivity contribution in [3.63, 3.8) is 0 Å². The van der Waals surface area contributed by atoms with E-state index < -0.39 is 0 Å². The van der Waals surface area contributed by atoms with E-state index in [0.717, 1.165) is 23.4 Å². The van der Waals surface area contributed by atoms with Crippen LogP contribution in [0.5, 0.6) is 0 Å². The molecule has 2 rings (SSSR count). The van der Waals surface area contributed by atoms with Gasteiger partial charge in [-0.1, -0.05) is 36.6 Å². The van der Waals surface area contributed by atoms with E-state index in [1.807, 2.05) is 21.1 Å². The Labute approximate surface area is 115 Å². The topological polar surface area (TPSA) is 21.3 Å². The van der Waals surface area contributed by atoms with Crippen LogP contribution in [0.15, 0.2) is 18.2 Å². The van der Waals surface area contributed by atoms with Gasteiger partial charge in [0.25, 0.3) is 0 Å². The summed E-state index contributed by atoms with van der Waals surface area (Å²) in [5, 5.41) is 4.25. The highest BCUT2D eigenvalue weighted by atomic mass is 35.5. The molecule has 0 radical (unpaired) electrons. The zero-order valence-corrected chi connectivity index (χ0v) is 12.2. The van der Waals surface area contributed by atoms with Crippen LogP contribution in [0.2, 0.25) is 5.02 Å². The number of likely N-dealkylation sites (N-methyl/N-ethyl adjacent to an activating group) is 1. The molecule has 1 aliphatic rings. The van der Waals surface area contributed by atoms with Crippen LogP contribution in [0.4, 0.5) is 0 Å². The summed E-state index contributed by atoms with van der Waals surface area (Å²) in [6.45, 7) is 2.03. The molecule has 1 unspecified atom stereocenters. The normalized spacial score (nSPS) is 20.0. The molecule has 0 aromatic heterocycles. The number of hydrogen-bond donors (Lipinski definition) is 1. The number of ether oxygens (including phenoxy) is 1. The molecule has 1 atom stereocenters. The summed E-state index contributed by atoms with van der Waals surface area (Å²) in [7, 11) is 3.82. The Hall–Kier alpha value is -0.570. The molecule has 0 heterocycles. The van der Waals surface area contributed by atoms with Gasteiger partial charge in [-0.25, -0.2) is 0 Å². The van der Waals surface area contributed by atoms with Gasteiger partial charge in [-0.15, -0.1) is 0 Å². The van der Waals surface area contributed by atoms with Crippen LogP contribution < -0.4 is 5.32 Å². The Bertz CT molecular complexity index is 413. The Morgan fingerprint density at radius 2 is 2.00 bits per heavy atom. The second-order valence-electron chi connectivity index (χ2n) is 5.21. The van der Waals surface area contributed by atoms with Crippen molar-refractivity contribution >= 4 is 11.6 Å². The van der Waals surface area contributed by atoms with Crippen LogP contribution >= 0.6 is 11.6 Å². The lowest BCUT2D eigenvalue weighted by Crippen LogP contribution is -2.42. The maximum Gasteiger partial charge on any atom is 0.0872 e. The van der Waals surface area contributed by atoms with E-state index in [1.54, 1.807) is 0 Å². The smallest absolute Gasteiger partial charge is 0.0872 e. The van der Waals surface area contributed by atoms with Gasteiger partial charge in [0.15, 0.2) is 0 Å². The van der Waals surface area contributed by atoms with E-state index >= 15 is 0 Å². The molecule has 0 bridgehead atoms. The highest BCUT2D eigenvalue weighted by molar-refractivity contribution is 6.31. The van der Waals surface area contributed by atoms with Crippen molar-refractivity contribution in [2.24, 2.45) is 0 Å². The summed E-state index contributed by atoms with van der Waals surface area (Å²) in [5.74, 6) is 0. The zero-order valence-electron chi connectivity index (χ0n) is 11.4. The van der Waals surface area contributed by atoms with Gasteiger partial charge in [0.1, 0.15) is 0 Å². The van der Waals surface area contributed by atoms with Crippen LogP contribution in [0.3, 0.4) is 0 Å². The van der Waals surface area contributed by atoms with Crippen LogP contribution in [-0.2, 0) is 4.74 Å². The van der Waals surface area contributed by atoms with Crippen molar-refractivity contribution < 1.29 is 4.74 Å². The maximum absolute atomic E-state index is 6.24. The summed E-state index contributed by atoms with van der Waals surface area (Å²) in [4.78, 5) is 0. The summed E-state index contributed by atoms with van der Waals surface area (Å²) >= 11 is 6.24. The molecule has 0 amide bonds. The lowest BCUT2D eigenvalue weighted by atomic mass is 9.86. The molecule has 3 heteroatoms. The average Bonchev–Trinajstić information content (AvgIpc) is 2.84. The maximum atomic E-state index is 6.24. The zero-order chi connectivity index (χ0) is 13.2. The molecule has 0 saturated heterocycles. The number of aryl methyl sites for hydroxylation is 1. The van der Waals surface area contributed by atoms with Crippen LogP contribution in [0, 0.1) is 6.92 Å². The van der Waals surface area contributed by atoms with E-state index in [2.05, 4.69) is 23.5 Å². The number of halogens is 1. The fourth-order valence-electron chi connectivity index (χ4n) is 3.11. The van der Waals surface area contributed by atoms with Gasteiger partial charge >= 0.3 is 0 Å². The lowest BCUT2D eigenvalue weighted by molar-refractivity contribution is -0.0349. The Balaban J connectivity index is 2.34. The largest absolute Gasteiger partial charge is 0.376 e. The molecule has 0 spiro atoms. The highest BCUT2D eigenvalue weighted by Gasteiger charge is 2.41. The predicted octanol–water partition coefficient (Wildman–Crippen LogP) is 3.87. The molecule has 1 aromatic carbocycles. The highest BCUT2D eigenvalue weighted by Crippen LogP contribution is 2.42. The van der Waals surface area contributed by atoms with Crippen LogP contribution in [0.25, 0.3) is 0 Å². The minimum absolute atomic E-state index is 0.0761. The molecular formula is C15H22ClNO. The first-order chi connectivity index (χ1) is 8.63. The van der Waals surface area contributed by atoms with Crippen molar-refractivity contribution in [2.75, 3.05) is 14.2 Å². The van der Waals surface area contributed by atoms with Gasteiger partial charge in [0.05, 0.1) is 11.6 Å². The van der Waals surface area contributed by atoms with Gasteiger partial charge < -0.3 is 10.1 Å². The molecule has 1 aliphatic carbocycles. The van der Waals surface area contributed by atoms with Gasteiger partial charge in [-0.3, -0.25) is 0 Å². The van der Waals surface area contributed by atoms with Gasteiger partial charge in [-0.2, -0.15) is 0 Å². The third kappa shape index (κ3) is 2.42. The van der Waals surface area contributed by atoms with E-state index in [9.17, 15) is 0 Å². The van der Waals surface area contributed by atoms with E-state index in [4.69, 9.17) is 16.3 Å². The van der Waals surface area contributed by atoms with Gasteiger partial charge in [-0.05, 0) is 44.0 Å². The first-order valence-electron chi connectivity index (χ1n) is 6.61. The number of methoxy groups -OCH3 is 1. The molecule has 1 aromatic rings. The summed E-state index contributed by atoms with van der Waals surface area (Å²) in [6, 6.07) is 6.52. The van der Waals surface area contributed by atoms with E-state index in [-0.39, 0.29) is 11.6 Å². The summed E-state index contributed by atoms with van der Waals surface area (Å²) in [6.07, 6.45) is 4.71. The van der Waals surface area contributed by atoms with Gasteiger partial charge in [0, 0.05) is 12.1 Å². The molecule has 1 fully saturated rings. The first-order valence-corrected chi connectivity index (χ1v) is 6.99. The van der Waals surface area contributed by atoms with E-state index in [0.29, 0.717) is 0 Å². The molecule has 18 heavy (non-hydrogen) atoms. The van der Waals surface area contributed by atoms with Crippen molar-refractivity contribution in [1.29, 1.82) is 0 Å². The van der Waals surface area contributed by atoms with Crippen molar-refractivity contribution in [1.82, 2.24) is 5.32 Å². The third-order valence-electron chi connectivity index (χ3n) is 4.20. The average molecular weight is 268 g/mol. The van der Waals surface area contributed by atoms with Crippen molar-refractivity contribution in [3.8, 4) is 0 Å². The lowest BCUT2D eigenvalue weighted by Gasteiger charge is -2.36. The molecular weight excluding hydrogens is 246 g/mol. The number of hydrogen-bond acceptors (Lipinski definition) is 2. The quantitative estimate of drug-likeness (QED) is 0.894. The molecule has 2 nitrogen and oxygen atoms in total.